The Balaban J connectivity index is 0.000000270. The normalized spacial score (nSPS) is 15.9. The molecule has 0 fully saturated rings. The molecular formula is C10H15F6N4P. The molecule has 0 aliphatic carbocycles. The molecule has 1 heterocycles. The molecule has 1 aromatic carbocycles. The topological polar surface area (TPSA) is 30.7 Å². The van der Waals surface area contributed by atoms with E-state index >= 15 is 0 Å². The van der Waals surface area contributed by atoms with Crippen LogP contribution in [0, 0.1) is 0 Å². The zero-order valence-electron chi connectivity index (χ0n) is 11.5. The Morgan fingerprint density at radius 1 is 1.00 bits per heavy atom. The molecule has 0 bridgehead atoms. The van der Waals surface area contributed by atoms with Crippen molar-refractivity contribution >= 4 is 18.8 Å². The predicted octanol–water partition coefficient (Wildman–Crippen LogP) is 4.48. The number of hydrogen-bond donors (Lipinski definition) is 0. The van der Waals surface area contributed by atoms with Gasteiger partial charge in [-0.1, -0.05) is 17.3 Å². The second kappa shape index (κ2) is 4.54. The predicted molar refractivity (Wildman–Crippen MR) is 69.1 cm³/mol. The number of halogens is 6. The molecule has 0 saturated heterocycles. The molecular weight excluding hydrogens is 321 g/mol. The third kappa shape index (κ3) is 9.19. The number of para-hydroxylation sites is 1. The van der Waals surface area contributed by atoms with E-state index in [9.17, 15) is 25.2 Å². The van der Waals surface area contributed by atoms with Crippen molar-refractivity contribution in [2.75, 3.05) is 21.1 Å². The Morgan fingerprint density at radius 2 is 1.48 bits per heavy atom. The summed E-state index contributed by atoms with van der Waals surface area (Å²) in [6.07, 6.45) is 0. The quantitative estimate of drug-likeness (QED) is 0.460. The van der Waals surface area contributed by atoms with Crippen LogP contribution in [0.5, 0.6) is 0 Å². The van der Waals surface area contributed by atoms with E-state index in [0.29, 0.717) is 0 Å². The van der Waals surface area contributed by atoms with Gasteiger partial charge in [0.1, 0.15) is 5.52 Å². The molecule has 0 radical (unpaired) electrons. The van der Waals surface area contributed by atoms with Gasteiger partial charge in [-0.15, -0.1) is 5.10 Å². The first-order chi connectivity index (χ1) is 9.01. The first-order valence-corrected chi connectivity index (χ1v) is 7.69. The monoisotopic (exact) mass is 336 g/mol. The molecule has 0 aliphatic rings. The van der Waals surface area contributed by atoms with Gasteiger partial charge in [0.2, 0.25) is 0 Å². The van der Waals surface area contributed by atoms with E-state index in [-0.39, 0.29) is 0 Å². The molecule has 0 aliphatic heterocycles. The molecule has 0 amide bonds. The van der Waals surface area contributed by atoms with Crippen LogP contribution in [0.25, 0.3) is 11.0 Å². The molecule has 2 aromatic rings. The summed E-state index contributed by atoms with van der Waals surface area (Å²) in [6, 6.07) is 8.02. The van der Waals surface area contributed by atoms with E-state index in [4.69, 9.17) is 0 Å². The van der Waals surface area contributed by atoms with Crippen molar-refractivity contribution in [3.63, 3.8) is 0 Å². The standard InChI is InChI=1S/C10H15N4.F6P/c1-14(2,3)8-13-10-7-5-4-6-9(10)11-12-13;1-7(2,3,4,5)6/h4-7H,8H2,1-3H3;/q+1;-1. The summed E-state index contributed by atoms with van der Waals surface area (Å²) >= 11 is 0. The van der Waals surface area contributed by atoms with Gasteiger partial charge in [-0.25, -0.2) is 0 Å². The third-order valence-corrected chi connectivity index (χ3v) is 1.98. The molecule has 11 heteroatoms. The van der Waals surface area contributed by atoms with E-state index in [1.807, 2.05) is 28.9 Å². The fourth-order valence-corrected chi connectivity index (χ4v) is 1.42. The summed E-state index contributed by atoms with van der Waals surface area (Å²) in [7, 11) is -4.25. The van der Waals surface area contributed by atoms with E-state index in [2.05, 4.69) is 31.5 Å². The second-order valence-corrected chi connectivity index (χ2v) is 7.38. The Hall–Kier alpha value is -1.41. The minimum absolute atomic E-state index is 0.834. The Kier molecular flexibility index (Phi) is 3.81. The van der Waals surface area contributed by atoms with E-state index in [1.54, 1.807) is 0 Å². The van der Waals surface area contributed by atoms with Gasteiger partial charge >= 0.3 is 33.0 Å². The van der Waals surface area contributed by atoms with Crippen LogP contribution in [-0.2, 0) is 6.67 Å². The van der Waals surface area contributed by atoms with Crippen molar-refractivity contribution in [1.29, 1.82) is 0 Å². The maximum atomic E-state index is 9.87. The molecule has 0 saturated carbocycles. The van der Waals surface area contributed by atoms with Crippen LogP contribution in [-0.4, -0.2) is 40.6 Å². The Labute approximate surface area is 116 Å². The van der Waals surface area contributed by atoms with Gasteiger partial charge < -0.3 is 4.48 Å². The van der Waals surface area contributed by atoms with Crippen LogP contribution in [0.2, 0.25) is 0 Å². The van der Waals surface area contributed by atoms with Gasteiger partial charge in [0.05, 0.1) is 26.7 Å². The molecule has 0 spiro atoms. The van der Waals surface area contributed by atoms with Crippen molar-refractivity contribution in [3.8, 4) is 0 Å². The second-order valence-electron chi connectivity index (χ2n) is 5.47. The van der Waals surface area contributed by atoms with E-state index in [1.165, 1.54) is 0 Å². The third-order valence-electron chi connectivity index (χ3n) is 1.98. The maximum absolute atomic E-state index is 10.7. The molecule has 1 aromatic heterocycles. The molecule has 122 valence electrons. The Morgan fingerprint density at radius 3 is 1.95 bits per heavy atom. The molecule has 21 heavy (non-hydrogen) atoms. The first-order valence-electron chi connectivity index (χ1n) is 5.66. The SMILES string of the molecule is C[N+](C)(C)Cn1nnc2ccccc21.F[P-](F)(F)(F)(F)F. The van der Waals surface area contributed by atoms with Gasteiger partial charge in [0.25, 0.3) is 0 Å². The number of benzene rings is 1. The number of rotatable bonds is 2. The zero-order chi connectivity index (χ0) is 16.6. The number of nitrogens with zero attached hydrogens (tertiary/aromatic N) is 4. The zero-order valence-corrected chi connectivity index (χ0v) is 12.4. The number of aromatic nitrogens is 3. The summed E-state index contributed by atoms with van der Waals surface area (Å²) in [6.45, 7) is 0.834. The summed E-state index contributed by atoms with van der Waals surface area (Å²) in [5.41, 5.74) is 2.06. The fraction of sp³-hybridized carbons (Fsp3) is 0.400. The summed E-state index contributed by atoms with van der Waals surface area (Å²) in [5.74, 6) is 0. The van der Waals surface area contributed by atoms with Gasteiger partial charge in [-0.2, -0.15) is 4.68 Å². The van der Waals surface area contributed by atoms with Crippen LogP contribution < -0.4 is 0 Å². The molecule has 4 nitrogen and oxygen atoms in total. The van der Waals surface area contributed by atoms with Crippen molar-refractivity contribution < 1.29 is 29.7 Å². The van der Waals surface area contributed by atoms with Crippen LogP contribution >= 0.6 is 7.81 Å². The number of quaternary nitrogens is 1. The van der Waals surface area contributed by atoms with Crippen molar-refractivity contribution in [2.24, 2.45) is 0 Å². The summed E-state index contributed by atoms with van der Waals surface area (Å²) < 4.78 is 62.0. The van der Waals surface area contributed by atoms with Gasteiger partial charge in [0, 0.05) is 0 Å². The van der Waals surface area contributed by atoms with Crippen LogP contribution in [0.15, 0.2) is 24.3 Å². The molecule has 0 N–H and O–H groups in total. The summed E-state index contributed by atoms with van der Waals surface area (Å²) in [4.78, 5) is 0. The number of fused-ring (bicyclic) bond motifs is 1. The van der Waals surface area contributed by atoms with E-state index in [0.717, 1.165) is 22.2 Å². The average molecular weight is 336 g/mol. The number of hydrogen-bond acceptors (Lipinski definition) is 2. The van der Waals surface area contributed by atoms with Gasteiger partial charge in [-0.05, 0) is 12.1 Å². The minimum atomic E-state index is -10.7. The van der Waals surface area contributed by atoms with Crippen LogP contribution in [0.3, 0.4) is 0 Å². The van der Waals surface area contributed by atoms with E-state index < -0.39 is 7.81 Å². The van der Waals surface area contributed by atoms with Crippen molar-refractivity contribution in [3.05, 3.63) is 24.3 Å². The van der Waals surface area contributed by atoms with Crippen LogP contribution in [0.1, 0.15) is 0 Å². The molecule has 0 unspecified atom stereocenters. The first kappa shape index (κ1) is 17.6. The van der Waals surface area contributed by atoms with Gasteiger partial charge in [-0.3, -0.25) is 0 Å². The Bertz CT molecular complexity index is 616. The van der Waals surface area contributed by atoms with Crippen molar-refractivity contribution in [2.45, 2.75) is 6.67 Å². The average Bonchev–Trinajstić information content (AvgIpc) is 2.55. The van der Waals surface area contributed by atoms with Crippen LogP contribution in [0.4, 0.5) is 25.2 Å². The molecule has 0 atom stereocenters. The van der Waals surface area contributed by atoms with Crippen molar-refractivity contribution in [1.82, 2.24) is 15.0 Å². The fourth-order valence-electron chi connectivity index (χ4n) is 1.42. The van der Waals surface area contributed by atoms with Gasteiger partial charge in [0.15, 0.2) is 6.67 Å². The molecule has 2 rings (SSSR count). The summed E-state index contributed by atoms with van der Waals surface area (Å²) in [5, 5.41) is 8.24.